The summed E-state index contributed by atoms with van der Waals surface area (Å²) in [5, 5.41) is 3.93. The fourth-order valence-corrected chi connectivity index (χ4v) is 7.60. The lowest BCUT2D eigenvalue weighted by atomic mass is 9.69. The normalized spacial score (nSPS) is 31.3. The molecule has 2 aliphatic carbocycles. The number of hydrogen-bond acceptors (Lipinski definition) is 5. The Bertz CT molecular complexity index is 879. The van der Waals surface area contributed by atoms with Crippen LogP contribution in [0.3, 0.4) is 0 Å². The highest BCUT2D eigenvalue weighted by molar-refractivity contribution is 7.99. The van der Waals surface area contributed by atoms with Crippen molar-refractivity contribution in [2.75, 3.05) is 18.8 Å². The molecule has 3 fully saturated rings. The van der Waals surface area contributed by atoms with Gasteiger partial charge in [-0.25, -0.2) is 13.4 Å². The number of pyridine rings is 1. The van der Waals surface area contributed by atoms with Crippen LogP contribution in [0, 0.1) is 16.7 Å². The van der Waals surface area contributed by atoms with Crippen LogP contribution < -0.4 is 5.32 Å². The number of sulfonamides is 1. The number of carbonyl (C=O) groups is 1. The van der Waals surface area contributed by atoms with Crippen LogP contribution in [0.4, 0.5) is 0 Å². The minimum absolute atomic E-state index is 0.0279. The molecule has 29 heavy (non-hydrogen) atoms. The Morgan fingerprint density at radius 3 is 2.55 bits per heavy atom. The smallest absolute Gasteiger partial charge is 0.244 e. The summed E-state index contributed by atoms with van der Waals surface area (Å²) in [5.74, 6) is 1.01. The molecule has 0 spiro atoms. The Morgan fingerprint density at radius 2 is 2.00 bits per heavy atom. The number of hydrogen-bond donors (Lipinski definition) is 1. The van der Waals surface area contributed by atoms with Gasteiger partial charge < -0.3 is 5.32 Å². The molecule has 1 saturated heterocycles. The molecule has 2 bridgehead atoms. The Labute approximate surface area is 178 Å². The van der Waals surface area contributed by atoms with E-state index in [-0.39, 0.29) is 27.7 Å². The summed E-state index contributed by atoms with van der Waals surface area (Å²) in [4.78, 5) is 17.0. The lowest BCUT2D eigenvalue weighted by Crippen LogP contribution is -2.47. The Hall–Kier alpha value is -1.12. The third kappa shape index (κ3) is 3.61. The van der Waals surface area contributed by atoms with Crippen LogP contribution in [-0.2, 0) is 14.8 Å². The molecule has 1 N–H and O–H groups in total. The van der Waals surface area contributed by atoms with E-state index >= 15 is 0 Å². The first-order valence-corrected chi connectivity index (χ1v) is 13.0. The van der Waals surface area contributed by atoms with Crippen molar-refractivity contribution in [2.45, 2.75) is 68.8 Å². The fraction of sp³-hybridized carbons (Fsp3) is 0.714. The Balaban J connectivity index is 1.32. The van der Waals surface area contributed by atoms with Crippen molar-refractivity contribution in [2.24, 2.45) is 16.7 Å². The molecule has 2 heterocycles. The van der Waals surface area contributed by atoms with Crippen LogP contribution in [0.5, 0.6) is 0 Å². The molecule has 3 aliphatic rings. The van der Waals surface area contributed by atoms with Crippen LogP contribution in [0.25, 0.3) is 0 Å². The molecule has 1 aliphatic heterocycles. The topological polar surface area (TPSA) is 79.4 Å². The van der Waals surface area contributed by atoms with Gasteiger partial charge in [-0.15, -0.1) is 0 Å². The fourth-order valence-electron chi connectivity index (χ4n) is 5.48. The summed E-state index contributed by atoms with van der Waals surface area (Å²) in [6.45, 7) is 8.16. The molecule has 4 rings (SSSR count). The number of nitrogens with zero attached hydrogens (tertiary/aromatic N) is 2. The maximum Gasteiger partial charge on any atom is 0.244 e. The first kappa shape index (κ1) is 21.1. The molecule has 8 heteroatoms. The lowest BCUT2D eigenvalue weighted by molar-refractivity contribution is -0.120. The number of carbonyl (C=O) groups excluding carboxylic acids is 1. The van der Waals surface area contributed by atoms with Gasteiger partial charge in [0.1, 0.15) is 4.90 Å². The zero-order chi connectivity index (χ0) is 20.9. The van der Waals surface area contributed by atoms with Crippen LogP contribution in [0.15, 0.2) is 28.3 Å². The number of amides is 1. The molecule has 160 valence electrons. The monoisotopic (exact) mass is 437 g/mol. The average Bonchev–Trinajstić information content (AvgIpc) is 3.34. The quantitative estimate of drug-likeness (QED) is 0.691. The standard InChI is InChI=1S/C21H31N3O3S2/c1-20(2)15-8-9-21(20,3)17(12-15)23-18(25)14-28-19-7-6-16(13-22-19)29(26,27)24-10-4-5-11-24/h6-7,13,15,17H,4-5,8-12,14H2,1-3H3,(H,23,25). The van der Waals surface area contributed by atoms with Crippen molar-refractivity contribution < 1.29 is 13.2 Å². The van der Waals surface area contributed by atoms with E-state index in [1.807, 2.05) is 0 Å². The number of fused-ring (bicyclic) bond motifs is 2. The van der Waals surface area contributed by atoms with Crippen molar-refractivity contribution in [1.82, 2.24) is 14.6 Å². The molecule has 1 aromatic rings. The first-order chi connectivity index (χ1) is 13.6. The zero-order valence-corrected chi connectivity index (χ0v) is 19.1. The molecular weight excluding hydrogens is 406 g/mol. The van der Waals surface area contributed by atoms with Gasteiger partial charge in [0.25, 0.3) is 0 Å². The van der Waals surface area contributed by atoms with E-state index < -0.39 is 10.0 Å². The molecule has 0 aromatic carbocycles. The van der Waals surface area contributed by atoms with E-state index in [9.17, 15) is 13.2 Å². The predicted molar refractivity (Wildman–Crippen MR) is 114 cm³/mol. The minimum atomic E-state index is -3.44. The highest BCUT2D eigenvalue weighted by Crippen LogP contribution is 2.65. The zero-order valence-electron chi connectivity index (χ0n) is 17.5. The second-order valence-corrected chi connectivity index (χ2v) is 12.4. The van der Waals surface area contributed by atoms with E-state index in [4.69, 9.17) is 0 Å². The Kier molecular flexibility index (Phi) is 5.49. The molecule has 0 radical (unpaired) electrons. The van der Waals surface area contributed by atoms with Gasteiger partial charge in [0.15, 0.2) is 0 Å². The van der Waals surface area contributed by atoms with Gasteiger partial charge in [0.2, 0.25) is 15.9 Å². The van der Waals surface area contributed by atoms with Gasteiger partial charge >= 0.3 is 0 Å². The largest absolute Gasteiger partial charge is 0.352 e. The predicted octanol–water partition coefficient (Wildman–Crippen LogP) is 3.29. The van der Waals surface area contributed by atoms with Crippen molar-refractivity contribution in [3.05, 3.63) is 18.3 Å². The SMILES string of the molecule is CC1(C)C2CCC1(C)C(NC(=O)CSc1ccc(S(=O)(=O)N3CCCC3)cn1)C2. The van der Waals surface area contributed by atoms with Crippen molar-refractivity contribution in [3.8, 4) is 0 Å². The van der Waals surface area contributed by atoms with Crippen molar-refractivity contribution in [3.63, 3.8) is 0 Å². The molecule has 2 saturated carbocycles. The van der Waals surface area contributed by atoms with E-state index in [0.717, 1.165) is 19.3 Å². The van der Waals surface area contributed by atoms with Crippen LogP contribution in [0.2, 0.25) is 0 Å². The summed E-state index contributed by atoms with van der Waals surface area (Å²) in [5.41, 5.74) is 0.443. The van der Waals surface area contributed by atoms with Gasteiger partial charge in [-0.2, -0.15) is 4.31 Å². The summed E-state index contributed by atoms with van der Waals surface area (Å²) in [6.07, 6.45) is 6.74. The van der Waals surface area contributed by atoms with Crippen LogP contribution >= 0.6 is 11.8 Å². The maximum absolute atomic E-state index is 12.6. The summed E-state index contributed by atoms with van der Waals surface area (Å²) in [7, 11) is -3.44. The number of thioether (sulfide) groups is 1. The summed E-state index contributed by atoms with van der Waals surface area (Å²) in [6, 6.07) is 3.54. The minimum Gasteiger partial charge on any atom is -0.352 e. The molecule has 3 atom stereocenters. The molecule has 1 amide bonds. The third-order valence-corrected chi connectivity index (χ3v) is 10.7. The van der Waals surface area contributed by atoms with Crippen molar-refractivity contribution >= 4 is 27.7 Å². The number of nitrogens with one attached hydrogen (secondary N) is 1. The third-order valence-electron chi connectivity index (χ3n) is 7.89. The second-order valence-electron chi connectivity index (χ2n) is 9.46. The van der Waals surface area contributed by atoms with Crippen LogP contribution in [-0.4, -0.2) is 48.5 Å². The van der Waals surface area contributed by atoms with Gasteiger partial charge in [0, 0.05) is 25.3 Å². The summed E-state index contributed by atoms with van der Waals surface area (Å²) >= 11 is 1.35. The first-order valence-electron chi connectivity index (χ1n) is 10.5. The maximum atomic E-state index is 12.6. The van der Waals surface area contributed by atoms with Gasteiger partial charge in [-0.05, 0) is 61.0 Å². The van der Waals surface area contributed by atoms with Gasteiger partial charge in [-0.3, -0.25) is 4.79 Å². The van der Waals surface area contributed by atoms with Gasteiger partial charge in [0.05, 0.1) is 10.8 Å². The van der Waals surface area contributed by atoms with E-state index in [2.05, 4.69) is 31.1 Å². The van der Waals surface area contributed by atoms with Crippen molar-refractivity contribution in [1.29, 1.82) is 0 Å². The number of aromatic nitrogens is 1. The van der Waals surface area contributed by atoms with E-state index in [1.165, 1.54) is 35.1 Å². The highest BCUT2D eigenvalue weighted by atomic mass is 32.2. The van der Waals surface area contributed by atoms with Gasteiger partial charge in [-0.1, -0.05) is 32.5 Å². The highest BCUT2D eigenvalue weighted by Gasteiger charge is 2.61. The molecule has 3 unspecified atom stereocenters. The molecular formula is C21H31N3O3S2. The van der Waals surface area contributed by atoms with E-state index in [0.29, 0.717) is 29.8 Å². The van der Waals surface area contributed by atoms with E-state index in [1.54, 1.807) is 12.1 Å². The average molecular weight is 438 g/mol. The summed E-state index contributed by atoms with van der Waals surface area (Å²) < 4.78 is 26.6. The second kappa shape index (κ2) is 7.54. The Morgan fingerprint density at radius 1 is 1.28 bits per heavy atom. The molecule has 6 nitrogen and oxygen atoms in total. The van der Waals surface area contributed by atoms with Crippen LogP contribution in [0.1, 0.15) is 52.9 Å². The number of rotatable bonds is 6. The lowest BCUT2D eigenvalue weighted by Gasteiger charge is -2.39. The molecule has 1 aromatic heterocycles.